The topological polar surface area (TPSA) is 39.7 Å². The molecule has 0 aromatic heterocycles. The number of nitrogens with zero attached hydrogens (tertiary/aromatic N) is 2. The summed E-state index contributed by atoms with van der Waals surface area (Å²) in [5, 5.41) is 7.05. The van der Waals surface area contributed by atoms with Crippen LogP contribution < -0.4 is 15.5 Å². The number of hydrogen-bond donors (Lipinski definition) is 2. The minimum atomic E-state index is 0.475. The fourth-order valence-electron chi connectivity index (χ4n) is 3.25. The van der Waals surface area contributed by atoms with Gasteiger partial charge in [-0.2, -0.15) is 0 Å². The predicted octanol–water partition coefficient (Wildman–Crippen LogP) is 3.01. The first-order valence-electron chi connectivity index (χ1n) is 9.20. The number of benzene rings is 1. The summed E-state index contributed by atoms with van der Waals surface area (Å²) in [5.41, 5.74) is 1.33. The number of piperidine rings is 1. The molecule has 126 valence electrons. The smallest absolute Gasteiger partial charge is 0.191 e. The zero-order chi connectivity index (χ0) is 15.9. The van der Waals surface area contributed by atoms with Crippen LogP contribution in [0, 0.1) is 5.92 Å². The lowest BCUT2D eigenvalue weighted by molar-refractivity contribution is 0.468. The van der Waals surface area contributed by atoms with Crippen LogP contribution in [-0.2, 0) is 0 Å². The number of aliphatic imine (C=N–C) groups is 1. The van der Waals surface area contributed by atoms with Crippen LogP contribution in [0.2, 0.25) is 0 Å². The number of hydrogen-bond acceptors (Lipinski definition) is 2. The quantitative estimate of drug-likeness (QED) is 0.626. The van der Waals surface area contributed by atoms with Gasteiger partial charge in [-0.3, -0.25) is 4.99 Å². The molecule has 0 radical (unpaired) electrons. The Hall–Kier alpha value is -1.71. The second-order valence-corrected chi connectivity index (χ2v) is 6.76. The second-order valence-electron chi connectivity index (χ2n) is 6.76. The standard InChI is InChI=1S/C19H30N4/c1-2-20-19(21-13-12-16-10-11-16)22-17-7-6-14-23(15-17)18-8-4-3-5-9-18/h3-5,8-9,16-17H,2,6-7,10-15H2,1H3,(H2,20,21,22). The number of para-hydroxylation sites is 1. The van der Waals surface area contributed by atoms with Crippen LogP contribution in [-0.4, -0.2) is 38.2 Å². The van der Waals surface area contributed by atoms with Gasteiger partial charge in [0.2, 0.25) is 0 Å². The van der Waals surface area contributed by atoms with E-state index in [2.05, 4.69) is 52.8 Å². The Bertz CT molecular complexity index is 495. The fraction of sp³-hybridized carbons (Fsp3) is 0.632. The first-order chi connectivity index (χ1) is 11.3. The molecule has 1 atom stereocenters. The van der Waals surface area contributed by atoms with E-state index >= 15 is 0 Å². The first kappa shape index (κ1) is 16.2. The van der Waals surface area contributed by atoms with Crippen molar-refractivity contribution >= 4 is 11.6 Å². The highest BCUT2D eigenvalue weighted by Crippen LogP contribution is 2.32. The maximum Gasteiger partial charge on any atom is 0.191 e. The van der Waals surface area contributed by atoms with Crippen molar-refractivity contribution < 1.29 is 0 Å². The highest BCUT2D eigenvalue weighted by molar-refractivity contribution is 5.80. The third kappa shape index (κ3) is 5.15. The SMILES string of the molecule is CCNC(=NCCC1CC1)NC1CCCN(c2ccccc2)C1. The zero-order valence-electron chi connectivity index (χ0n) is 14.3. The van der Waals surface area contributed by atoms with Crippen LogP contribution in [0.1, 0.15) is 39.0 Å². The van der Waals surface area contributed by atoms with Gasteiger partial charge < -0.3 is 15.5 Å². The summed E-state index contributed by atoms with van der Waals surface area (Å²) in [7, 11) is 0. The van der Waals surface area contributed by atoms with Gasteiger partial charge in [-0.05, 0) is 44.2 Å². The maximum atomic E-state index is 4.76. The molecule has 23 heavy (non-hydrogen) atoms. The Kier molecular flexibility index (Phi) is 5.78. The van der Waals surface area contributed by atoms with E-state index in [4.69, 9.17) is 4.99 Å². The lowest BCUT2D eigenvalue weighted by Gasteiger charge is -2.35. The molecule has 1 aromatic rings. The van der Waals surface area contributed by atoms with Crippen LogP contribution in [0.4, 0.5) is 5.69 Å². The van der Waals surface area contributed by atoms with Crippen molar-refractivity contribution in [2.45, 2.75) is 45.1 Å². The Labute approximate surface area is 140 Å². The summed E-state index contributed by atoms with van der Waals surface area (Å²) in [6, 6.07) is 11.2. The van der Waals surface area contributed by atoms with E-state index in [1.165, 1.54) is 37.8 Å². The third-order valence-electron chi connectivity index (χ3n) is 4.73. The van der Waals surface area contributed by atoms with E-state index in [0.717, 1.165) is 38.1 Å². The van der Waals surface area contributed by atoms with Gasteiger partial charge in [-0.15, -0.1) is 0 Å². The van der Waals surface area contributed by atoms with E-state index in [1.54, 1.807) is 0 Å². The Morgan fingerprint density at radius 2 is 2.04 bits per heavy atom. The van der Waals surface area contributed by atoms with E-state index in [1.807, 2.05) is 0 Å². The van der Waals surface area contributed by atoms with E-state index in [9.17, 15) is 0 Å². The van der Waals surface area contributed by atoms with Crippen molar-refractivity contribution in [1.82, 2.24) is 10.6 Å². The Balaban J connectivity index is 1.53. The molecule has 1 aliphatic heterocycles. The van der Waals surface area contributed by atoms with Gasteiger partial charge in [0.25, 0.3) is 0 Å². The molecule has 0 amide bonds. The molecular formula is C19H30N4. The fourth-order valence-corrected chi connectivity index (χ4v) is 3.25. The van der Waals surface area contributed by atoms with E-state index < -0.39 is 0 Å². The number of anilines is 1. The number of nitrogens with one attached hydrogen (secondary N) is 2. The summed E-state index contributed by atoms with van der Waals surface area (Å²) in [6.07, 6.45) is 6.52. The van der Waals surface area contributed by atoms with Crippen LogP contribution in [0.25, 0.3) is 0 Å². The monoisotopic (exact) mass is 314 g/mol. The average Bonchev–Trinajstić information content (AvgIpc) is 3.40. The summed E-state index contributed by atoms with van der Waals surface area (Å²) in [5.74, 6) is 1.94. The molecule has 2 N–H and O–H groups in total. The molecule has 3 rings (SSSR count). The molecule has 1 aliphatic carbocycles. The molecule has 1 unspecified atom stereocenters. The molecule has 4 nitrogen and oxygen atoms in total. The highest BCUT2D eigenvalue weighted by atomic mass is 15.2. The zero-order valence-corrected chi connectivity index (χ0v) is 14.3. The largest absolute Gasteiger partial charge is 0.369 e. The maximum absolute atomic E-state index is 4.76. The molecule has 1 saturated heterocycles. The number of guanidine groups is 1. The van der Waals surface area contributed by atoms with Crippen molar-refractivity contribution in [2.75, 3.05) is 31.1 Å². The second kappa shape index (κ2) is 8.23. The molecule has 0 spiro atoms. The van der Waals surface area contributed by atoms with Crippen molar-refractivity contribution in [3.63, 3.8) is 0 Å². The van der Waals surface area contributed by atoms with Gasteiger partial charge in [-0.1, -0.05) is 31.0 Å². The third-order valence-corrected chi connectivity index (χ3v) is 4.73. The van der Waals surface area contributed by atoms with Crippen molar-refractivity contribution in [3.8, 4) is 0 Å². The minimum Gasteiger partial charge on any atom is -0.369 e. The van der Waals surface area contributed by atoms with E-state index in [0.29, 0.717) is 6.04 Å². The molecule has 1 saturated carbocycles. The highest BCUT2D eigenvalue weighted by Gasteiger charge is 2.22. The minimum absolute atomic E-state index is 0.475. The van der Waals surface area contributed by atoms with E-state index in [-0.39, 0.29) is 0 Å². The van der Waals surface area contributed by atoms with Crippen LogP contribution >= 0.6 is 0 Å². The molecule has 4 heteroatoms. The van der Waals surface area contributed by atoms with Crippen molar-refractivity contribution in [1.29, 1.82) is 0 Å². The van der Waals surface area contributed by atoms with Crippen LogP contribution in [0.5, 0.6) is 0 Å². The van der Waals surface area contributed by atoms with Crippen LogP contribution in [0.15, 0.2) is 35.3 Å². The Morgan fingerprint density at radius 1 is 1.22 bits per heavy atom. The molecule has 2 aliphatic rings. The molecule has 1 heterocycles. The van der Waals surface area contributed by atoms with Gasteiger partial charge >= 0.3 is 0 Å². The molecule has 1 aromatic carbocycles. The van der Waals surface area contributed by atoms with Gasteiger partial charge in [0.05, 0.1) is 0 Å². The lowest BCUT2D eigenvalue weighted by Crippen LogP contribution is -2.51. The van der Waals surface area contributed by atoms with Gasteiger partial charge in [0.15, 0.2) is 5.96 Å². The summed E-state index contributed by atoms with van der Waals surface area (Å²) in [6.45, 7) is 6.21. The summed E-state index contributed by atoms with van der Waals surface area (Å²) < 4.78 is 0. The molecular weight excluding hydrogens is 284 g/mol. The Morgan fingerprint density at radius 3 is 2.78 bits per heavy atom. The normalized spacial score (nSPS) is 22.0. The first-order valence-corrected chi connectivity index (χ1v) is 9.20. The van der Waals surface area contributed by atoms with Crippen molar-refractivity contribution in [2.24, 2.45) is 10.9 Å². The predicted molar refractivity (Wildman–Crippen MR) is 98.1 cm³/mol. The lowest BCUT2D eigenvalue weighted by atomic mass is 10.1. The van der Waals surface area contributed by atoms with Crippen LogP contribution in [0.3, 0.4) is 0 Å². The van der Waals surface area contributed by atoms with Gasteiger partial charge in [0.1, 0.15) is 0 Å². The number of rotatable bonds is 6. The summed E-state index contributed by atoms with van der Waals surface area (Å²) >= 11 is 0. The average molecular weight is 314 g/mol. The van der Waals surface area contributed by atoms with Gasteiger partial charge in [-0.25, -0.2) is 0 Å². The molecule has 0 bridgehead atoms. The van der Waals surface area contributed by atoms with Crippen molar-refractivity contribution in [3.05, 3.63) is 30.3 Å². The summed E-state index contributed by atoms with van der Waals surface area (Å²) in [4.78, 5) is 7.24. The van der Waals surface area contributed by atoms with Gasteiger partial charge in [0, 0.05) is 37.9 Å². The molecule has 2 fully saturated rings.